The number of thioether (sulfide) groups is 1. The molecule has 1 heterocycles. The van der Waals surface area contributed by atoms with Crippen LogP contribution in [0.3, 0.4) is 0 Å². The van der Waals surface area contributed by atoms with Crippen molar-refractivity contribution in [2.45, 2.75) is 5.37 Å². The second-order valence-corrected chi connectivity index (χ2v) is 6.88. The van der Waals surface area contributed by atoms with Crippen LogP contribution < -0.4 is 4.90 Å². The summed E-state index contributed by atoms with van der Waals surface area (Å²) >= 11 is 11.1. The monoisotopic (exact) mass is 367 g/mol. The molecule has 1 saturated heterocycles. The van der Waals surface area contributed by atoms with Crippen molar-refractivity contribution in [3.8, 4) is 0 Å². The quantitative estimate of drug-likeness (QED) is 0.753. The van der Waals surface area contributed by atoms with E-state index in [-0.39, 0.29) is 11.3 Å². The van der Waals surface area contributed by atoms with Gasteiger partial charge >= 0.3 is 0 Å². The fourth-order valence-electron chi connectivity index (χ4n) is 2.20. The van der Waals surface area contributed by atoms with Crippen molar-refractivity contribution in [1.29, 1.82) is 0 Å². The van der Waals surface area contributed by atoms with Crippen LogP contribution in [0.2, 0.25) is 5.02 Å². The maximum atomic E-state index is 12.2. The number of amides is 1. The van der Waals surface area contributed by atoms with Gasteiger partial charge in [0.05, 0.1) is 5.75 Å². The van der Waals surface area contributed by atoms with Crippen LogP contribution in [-0.4, -0.2) is 11.7 Å². The van der Waals surface area contributed by atoms with E-state index in [2.05, 4.69) is 15.9 Å². The normalized spacial score (nSPS) is 18.6. The number of rotatable bonds is 2. The summed E-state index contributed by atoms with van der Waals surface area (Å²) in [4.78, 5) is 14.0. The molecule has 5 heteroatoms. The Morgan fingerprint density at radius 3 is 2.65 bits per heavy atom. The van der Waals surface area contributed by atoms with Gasteiger partial charge in [-0.25, -0.2) is 0 Å². The van der Waals surface area contributed by atoms with E-state index in [0.29, 0.717) is 10.8 Å². The van der Waals surface area contributed by atoms with Crippen molar-refractivity contribution in [2.75, 3.05) is 10.7 Å². The van der Waals surface area contributed by atoms with Gasteiger partial charge < -0.3 is 0 Å². The molecular formula is C15H11BrClNOS. The van der Waals surface area contributed by atoms with Crippen LogP contribution in [0.15, 0.2) is 53.0 Å². The molecule has 20 heavy (non-hydrogen) atoms. The number of halogens is 2. The van der Waals surface area contributed by atoms with Crippen LogP contribution >= 0.6 is 39.3 Å². The average Bonchev–Trinajstić information content (AvgIpc) is 2.81. The first-order valence-corrected chi connectivity index (χ1v) is 8.32. The van der Waals surface area contributed by atoms with Gasteiger partial charge in [0.2, 0.25) is 5.91 Å². The molecule has 0 radical (unpaired) electrons. The molecule has 0 aliphatic carbocycles. The smallest absolute Gasteiger partial charge is 0.238 e. The Kier molecular flexibility index (Phi) is 4.06. The number of hydrogen-bond donors (Lipinski definition) is 0. The van der Waals surface area contributed by atoms with Gasteiger partial charge in [0, 0.05) is 15.2 Å². The van der Waals surface area contributed by atoms with Crippen LogP contribution in [0.5, 0.6) is 0 Å². The third-order valence-electron chi connectivity index (χ3n) is 3.11. The molecule has 0 unspecified atom stereocenters. The van der Waals surface area contributed by atoms with Gasteiger partial charge in [-0.2, -0.15) is 0 Å². The molecule has 2 nitrogen and oxygen atoms in total. The molecule has 1 aliphatic rings. The highest BCUT2D eigenvalue weighted by molar-refractivity contribution is 9.10. The van der Waals surface area contributed by atoms with Crippen LogP contribution in [0.1, 0.15) is 10.9 Å². The molecule has 1 fully saturated rings. The number of nitrogens with zero attached hydrogens (tertiary/aromatic N) is 1. The summed E-state index contributed by atoms with van der Waals surface area (Å²) in [6, 6.07) is 15.5. The number of benzene rings is 2. The number of carbonyl (C=O) groups excluding carboxylic acids is 1. The molecule has 0 saturated carbocycles. The largest absolute Gasteiger partial charge is 0.295 e. The van der Waals surface area contributed by atoms with Crippen LogP contribution in [0, 0.1) is 0 Å². The molecule has 1 amide bonds. The van der Waals surface area contributed by atoms with Gasteiger partial charge in [-0.1, -0.05) is 45.7 Å². The summed E-state index contributed by atoms with van der Waals surface area (Å²) in [5.41, 5.74) is 1.96. The van der Waals surface area contributed by atoms with E-state index in [9.17, 15) is 4.79 Å². The van der Waals surface area contributed by atoms with E-state index < -0.39 is 0 Å². The second-order valence-electron chi connectivity index (χ2n) is 4.46. The summed E-state index contributed by atoms with van der Waals surface area (Å²) in [6.45, 7) is 0. The Hall–Kier alpha value is -0.970. The van der Waals surface area contributed by atoms with Crippen molar-refractivity contribution in [2.24, 2.45) is 0 Å². The summed E-state index contributed by atoms with van der Waals surface area (Å²) in [5.74, 6) is 0.609. The first kappa shape index (κ1) is 14.0. The van der Waals surface area contributed by atoms with Gasteiger partial charge in [0.1, 0.15) is 5.37 Å². The number of carbonyl (C=O) groups is 1. The molecule has 2 aromatic carbocycles. The lowest BCUT2D eigenvalue weighted by Crippen LogP contribution is -2.27. The minimum Gasteiger partial charge on any atom is -0.295 e. The van der Waals surface area contributed by atoms with Crippen LogP contribution in [0.4, 0.5) is 5.69 Å². The third kappa shape index (κ3) is 2.73. The molecule has 102 valence electrons. The zero-order valence-electron chi connectivity index (χ0n) is 10.4. The summed E-state index contributed by atoms with van der Waals surface area (Å²) in [6.07, 6.45) is 0. The number of hydrogen-bond acceptors (Lipinski definition) is 2. The highest BCUT2D eigenvalue weighted by atomic mass is 79.9. The molecule has 1 aliphatic heterocycles. The molecule has 3 rings (SSSR count). The summed E-state index contributed by atoms with van der Waals surface area (Å²) in [5, 5.41) is 0.649. The average molecular weight is 369 g/mol. The lowest BCUT2D eigenvalue weighted by molar-refractivity contribution is -0.115. The topological polar surface area (TPSA) is 20.3 Å². The molecule has 0 aromatic heterocycles. The Morgan fingerprint density at radius 2 is 1.95 bits per heavy atom. The predicted octanol–water partition coefficient (Wildman–Crippen LogP) is 4.88. The standard InChI is InChI=1S/C15H11BrClNOS/c16-11-6-4-10(5-7-11)15-18(14(19)9-20-15)13-3-1-2-12(17)8-13/h1-8,15H,9H2/t15-/m0/s1. The number of anilines is 1. The molecule has 2 aromatic rings. The lowest BCUT2D eigenvalue weighted by atomic mass is 10.2. The maximum Gasteiger partial charge on any atom is 0.238 e. The fraction of sp³-hybridized carbons (Fsp3) is 0.133. The summed E-state index contributed by atoms with van der Waals surface area (Å²) < 4.78 is 1.03. The van der Waals surface area contributed by atoms with Crippen molar-refractivity contribution in [3.05, 3.63) is 63.6 Å². The van der Waals surface area contributed by atoms with Gasteiger partial charge in [0.25, 0.3) is 0 Å². The molecule has 0 bridgehead atoms. The minimum absolute atomic E-state index is 0.00840. The van der Waals surface area contributed by atoms with Crippen molar-refractivity contribution >= 4 is 50.9 Å². The predicted molar refractivity (Wildman–Crippen MR) is 88.3 cm³/mol. The zero-order chi connectivity index (χ0) is 14.1. The van der Waals surface area contributed by atoms with Gasteiger partial charge in [-0.15, -0.1) is 11.8 Å². The van der Waals surface area contributed by atoms with Crippen LogP contribution in [-0.2, 0) is 4.79 Å². The van der Waals surface area contributed by atoms with E-state index in [1.807, 2.05) is 53.4 Å². The van der Waals surface area contributed by atoms with E-state index in [4.69, 9.17) is 11.6 Å². The molecular weight excluding hydrogens is 358 g/mol. The zero-order valence-corrected chi connectivity index (χ0v) is 13.6. The minimum atomic E-state index is 0.00840. The Balaban J connectivity index is 1.98. The maximum absolute atomic E-state index is 12.2. The third-order valence-corrected chi connectivity index (χ3v) is 5.09. The van der Waals surface area contributed by atoms with Gasteiger partial charge in [-0.3, -0.25) is 9.69 Å². The first-order chi connectivity index (χ1) is 9.65. The highest BCUT2D eigenvalue weighted by Gasteiger charge is 2.33. The van der Waals surface area contributed by atoms with Crippen molar-refractivity contribution in [3.63, 3.8) is 0 Å². The molecule has 1 atom stereocenters. The van der Waals surface area contributed by atoms with Crippen molar-refractivity contribution < 1.29 is 4.79 Å². The molecule has 0 N–H and O–H groups in total. The van der Waals surface area contributed by atoms with E-state index in [1.165, 1.54) is 0 Å². The van der Waals surface area contributed by atoms with Gasteiger partial charge in [-0.05, 0) is 35.9 Å². The first-order valence-electron chi connectivity index (χ1n) is 6.10. The van der Waals surface area contributed by atoms with Crippen molar-refractivity contribution in [1.82, 2.24) is 0 Å². The van der Waals surface area contributed by atoms with E-state index in [1.54, 1.807) is 11.8 Å². The summed E-state index contributed by atoms with van der Waals surface area (Å²) in [7, 11) is 0. The van der Waals surface area contributed by atoms with Gasteiger partial charge in [0.15, 0.2) is 0 Å². The molecule has 0 spiro atoms. The fourth-order valence-corrected chi connectivity index (χ4v) is 3.83. The SMILES string of the molecule is O=C1CS[C@@H](c2ccc(Br)cc2)N1c1cccc(Cl)c1. The Morgan fingerprint density at radius 1 is 1.20 bits per heavy atom. The van der Waals surface area contributed by atoms with E-state index in [0.717, 1.165) is 15.7 Å². The Bertz CT molecular complexity index is 647. The van der Waals surface area contributed by atoms with Crippen LogP contribution in [0.25, 0.3) is 0 Å². The lowest BCUT2D eigenvalue weighted by Gasteiger charge is -2.24. The highest BCUT2D eigenvalue weighted by Crippen LogP contribution is 2.42. The van der Waals surface area contributed by atoms with E-state index >= 15 is 0 Å². The Labute approximate surface area is 135 Å². The second kappa shape index (κ2) is 5.80.